The quantitative estimate of drug-likeness (QED) is 0.214. The minimum absolute atomic E-state index is 0.0190. The first-order chi connectivity index (χ1) is 17.7. The predicted molar refractivity (Wildman–Crippen MR) is 146 cm³/mol. The zero-order chi connectivity index (χ0) is 26.0. The summed E-state index contributed by atoms with van der Waals surface area (Å²) in [5.74, 6) is 3.77. The van der Waals surface area contributed by atoms with Gasteiger partial charge in [-0.05, 0) is 91.8 Å². The van der Waals surface area contributed by atoms with Crippen molar-refractivity contribution in [3.8, 4) is 0 Å². The molecular weight excluding hydrogens is 460 g/mol. The maximum atomic E-state index is 12.4. The highest BCUT2D eigenvalue weighted by atomic mass is 16.7. The molecule has 4 nitrogen and oxygen atoms in total. The topological polar surface area (TPSA) is 44.8 Å². The summed E-state index contributed by atoms with van der Waals surface area (Å²) in [4.78, 5) is 12.4. The smallest absolute Gasteiger partial charge is 0.306 e. The van der Waals surface area contributed by atoms with Gasteiger partial charge in [-0.3, -0.25) is 4.79 Å². The van der Waals surface area contributed by atoms with Crippen LogP contribution in [0.4, 0.5) is 0 Å². The van der Waals surface area contributed by atoms with Gasteiger partial charge in [-0.1, -0.05) is 59.1 Å². The lowest BCUT2D eigenvalue weighted by Crippen LogP contribution is -2.52. The van der Waals surface area contributed by atoms with E-state index in [0.29, 0.717) is 35.7 Å². The van der Waals surface area contributed by atoms with E-state index in [4.69, 9.17) is 14.2 Å². The molecule has 6 aliphatic rings. The minimum atomic E-state index is -0.315. The van der Waals surface area contributed by atoms with E-state index in [0.717, 1.165) is 62.9 Å². The fourth-order valence-electron chi connectivity index (χ4n) is 10.5. The van der Waals surface area contributed by atoms with Crippen molar-refractivity contribution in [1.29, 1.82) is 0 Å². The van der Waals surface area contributed by atoms with Gasteiger partial charge in [0.25, 0.3) is 0 Å². The highest BCUT2D eigenvalue weighted by Crippen LogP contribution is 2.70. The minimum Gasteiger partial charge on any atom is -0.462 e. The van der Waals surface area contributed by atoms with Crippen LogP contribution in [0.2, 0.25) is 0 Å². The molecule has 0 aromatic heterocycles. The van der Waals surface area contributed by atoms with Crippen LogP contribution in [0.5, 0.6) is 0 Å². The van der Waals surface area contributed by atoms with Gasteiger partial charge in [-0.15, -0.1) is 0 Å². The summed E-state index contributed by atoms with van der Waals surface area (Å²) < 4.78 is 19.4. The number of ether oxygens (including phenoxy) is 3. The molecule has 5 fully saturated rings. The predicted octanol–water partition coefficient (Wildman–Crippen LogP) is 7.85. The standard InChI is InChI=1S/C33H52O4/c1-6-7-8-9-29(34)36-24-13-15-31(4)23(18-24)10-11-25-26(31)14-16-32(5)27(25)19-28-30(32)22(3)33(37-28)17-12-21(2)20-35-33/h10,21-22,24-28,30H,6-9,11-20H2,1-5H3/t21-,22?,24-,25?,26?,27?,28?,30?,31-,32-,33?/m0/s1. The van der Waals surface area contributed by atoms with Crippen molar-refractivity contribution in [1.82, 2.24) is 0 Å². The fourth-order valence-corrected chi connectivity index (χ4v) is 10.5. The van der Waals surface area contributed by atoms with Gasteiger partial charge in [-0.25, -0.2) is 0 Å². The second kappa shape index (κ2) is 9.65. The van der Waals surface area contributed by atoms with Crippen molar-refractivity contribution in [2.75, 3.05) is 6.61 Å². The molecule has 11 atom stereocenters. The normalized spacial score (nSPS) is 50.6. The summed E-state index contributed by atoms with van der Waals surface area (Å²) >= 11 is 0. The molecule has 0 amide bonds. The first-order valence-electron chi connectivity index (χ1n) is 15.9. The average Bonchev–Trinajstić information content (AvgIpc) is 3.31. The van der Waals surface area contributed by atoms with Crippen LogP contribution in [0.3, 0.4) is 0 Å². The molecule has 2 aliphatic heterocycles. The lowest BCUT2D eigenvalue weighted by molar-refractivity contribution is -0.272. The summed E-state index contributed by atoms with van der Waals surface area (Å²) in [6.45, 7) is 13.0. The zero-order valence-electron chi connectivity index (χ0n) is 24.2. The lowest BCUT2D eigenvalue weighted by Gasteiger charge is -2.58. The summed E-state index contributed by atoms with van der Waals surface area (Å²) in [6, 6.07) is 0. The first kappa shape index (κ1) is 26.4. The maximum absolute atomic E-state index is 12.4. The number of hydrogen-bond donors (Lipinski definition) is 0. The van der Waals surface area contributed by atoms with Crippen LogP contribution in [0.15, 0.2) is 11.6 Å². The highest BCUT2D eigenvalue weighted by Gasteiger charge is 2.68. The Morgan fingerprint density at radius 3 is 2.68 bits per heavy atom. The molecule has 0 aromatic rings. The van der Waals surface area contributed by atoms with Gasteiger partial charge in [0.05, 0.1) is 12.7 Å². The molecule has 0 N–H and O–H groups in total. The lowest BCUT2D eigenvalue weighted by atomic mass is 9.47. The molecule has 1 spiro atoms. The number of carbonyl (C=O) groups is 1. The molecule has 2 heterocycles. The van der Waals surface area contributed by atoms with Crippen LogP contribution >= 0.6 is 0 Å². The van der Waals surface area contributed by atoms with E-state index in [-0.39, 0.29) is 23.3 Å². The van der Waals surface area contributed by atoms with Crippen LogP contribution in [0.25, 0.3) is 0 Å². The van der Waals surface area contributed by atoms with Crippen molar-refractivity contribution in [2.24, 2.45) is 46.3 Å². The van der Waals surface area contributed by atoms with Crippen molar-refractivity contribution >= 4 is 5.97 Å². The first-order valence-corrected chi connectivity index (χ1v) is 15.9. The molecule has 6 rings (SSSR count). The van der Waals surface area contributed by atoms with E-state index < -0.39 is 0 Å². The highest BCUT2D eigenvalue weighted by molar-refractivity contribution is 5.69. The second-order valence-corrected chi connectivity index (χ2v) is 14.6. The number of unbranched alkanes of at least 4 members (excludes halogenated alkanes) is 2. The van der Waals surface area contributed by atoms with E-state index in [9.17, 15) is 4.79 Å². The molecule has 2 saturated heterocycles. The Bertz CT molecular complexity index is 902. The Balaban J connectivity index is 1.15. The van der Waals surface area contributed by atoms with Crippen molar-refractivity contribution in [3.63, 3.8) is 0 Å². The molecule has 0 bridgehead atoms. The Morgan fingerprint density at radius 2 is 1.92 bits per heavy atom. The summed E-state index contributed by atoms with van der Waals surface area (Å²) in [5, 5.41) is 0. The van der Waals surface area contributed by atoms with Crippen molar-refractivity contribution in [3.05, 3.63) is 11.6 Å². The van der Waals surface area contributed by atoms with Crippen LogP contribution in [0, 0.1) is 46.3 Å². The number of hydrogen-bond acceptors (Lipinski definition) is 4. The SMILES string of the molecule is CCCCCC(=O)O[C@H]1CC[C@@]2(C)C(=CCC3C4CC5OC6(CC[C@H](C)CO6)C(C)C5[C@@]4(C)CCC32)C1. The average molecular weight is 513 g/mol. The van der Waals surface area contributed by atoms with Gasteiger partial charge in [0.1, 0.15) is 6.10 Å². The van der Waals surface area contributed by atoms with Crippen LogP contribution in [-0.4, -0.2) is 30.6 Å². The van der Waals surface area contributed by atoms with Crippen LogP contribution < -0.4 is 0 Å². The molecular formula is C33H52O4. The summed E-state index contributed by atoms with van der Waals surface area (Å²) in [6.07, 6.45) is 17.4. The maximum Gasteiger partial charge on any atom is 0.306 e. The summed E-state index contributed by atoms with van der Waals surface area (Å²) in [5.41, 5.74) is 2.25. The molecule has 4 heteroatoms. The molecule has 0 radical (unpaired) electrons. The van der Waals surface area contributed by atoms with E-state index >= 15 is 0 Å². The van der Waals surface area contributed by atoms with Crippen molar-refractivity contribution in [2.45, 2.75) is 136 Å². The Hall–Kier alpha value is -0.870. The van der Waals surface area contributed by atoms with Gasteiger partial charge in [0.2, 0.25) is 0 Å². The van der Waals surface area contributed by atoms with E-state index in [1.165, 1.54) is 38.5 Å². The van der Waals surface area contributed by atoms with Crippen molar-refractivity contribution < 1.29 is 19.0 Å². The van der Waals surface area contributed by atoms with Gasteiger partial charge in [0.15, 0.2) is 5.79 Å². The second-order valence-electron chi connectivity index (χ2n) is 14.6. The molecule has 0 aromatic carbocycles. The number of allylic oxidation sites excluding steroid dienone is 1. The third kappa shape index (κ3) is 4.17. The number of esters is 1. The molecule has 4 aliphatic carbocycles. The molecule has 208 valence electrons. The number of fused-ring (bicyclic) bond motifs is 7. The van der Waals surface area contributed by atoms with Gasteiger partial charge in [-0.2, -0.15) is 0 Å². The zero-order valence-corrected chi connectivity index (χ0v) is 24.2. The monoisotopic (exact) mass is 512 g/mol. The Morgan fingerprint density at radius 1 is 1.08 bits per heavy atom. The van der Waals surface area contributed by atoms with E-state index in [1.807, 2.05) is 0 Å². The number of carbonyl (C=O) groups excluding carboxylic acids is 1. The van der Waals surface area contributed by atoms with E-state index in [2.05, 4.69) is 40.7 Å². The van der Waals surface area contributed by atoms with E-state index in [1.54, 1.807) is 5.57 Å². The molecule has 3 saturated carbocycles. The van der Waals surface area contributed by atoms with Crippen LogP contribution in [-0.2, 0) is 19.0 Å². The molecule has 7 unspecified atom stereocenters. The van der Waals surface area contributed by atoms with Gasteiger partial charge < -0.3 is 14.2 Å². The third-order valence-electron chi connectivity index (χ3n) is 12.6. The fraction of sp³-hybridized carbons (Fsp3) is 0.909. The Kier molecular flexibility index (Phi) is 6.87. The van der Waals surface area contributed by atoms with Gasteiger partial charge >= 0.3 is 5.97 Å². The van der Waals surface area contributed by atoms with Gasteiger partial charge in [0, 0.05) is 25.2 Å². The largest absolute Gasteiger partial charge is 0.462 e. The Labute approximate surface area is 225 Å². The summed E-state index contributed by atoms with van der Waals surface area (Å²) in [7, 11) is 0. The number of rotatable bonds is 5. The molecule has 37 heavy (non-hydrogen) atoms. The third-order valence-corrected chi connectivity index (χ3v) is 12.6. The van der Waals surface area contributed by atoms with Crippen LogP contribution in [0.1, 0.15) is 118 Å².